The normalized spacial score (nSPS) is 23.1. The Morgan fingerprint density at radius 2 is 2.35 bits per heavy atom. The van der Waals surface area contributed by atoms with Crippen molar-refractivity contribution in [3.63, 3.8) is 0 Å². The number of sulfone groups is 1. The fourth-order valence-electron chi connectivity index (χ4n) is 2.87. The quantitative estimate of drug-likeness (QED) is 0.840. The van der Waals surface area contributed by atoms with E-state index in [4.69, 9.17) is 0 Å². The minimum atomic E-state index is -2.81. The van der Waals surface area contributed by atoms with Gasteiger partial charge in [0.2, 0.25) is 0 Å². The van der Waals surface area contributed by atoms with Gasteiger partial charge in [0, 0.05) is 6.54 Å². The summed E-state index contributed by atoms with van der Waals surface area (Å²) in [4.78, 5) is 0. The molecule has 1 fully saturated rings. The average Bonchev–Trinajstić information content (AvgIpc) is 2.91. The summed E-state index contributed by atoms with van der Waals surface area (Å²) in [6.45, 7) is 3.00. The Labute approximate surface area is 129 Å². The topological polar surface area (TPSA) is 64.0 Å². The van der Waals surface area contributed by atoms with Crippen LogP contribution >= 0.6 is 15.9 Å². The molecule has 1 aliphatic heterocycles. The number of hydrogen-bond acceptors (Lipinski definition) is 4. The molecule has 0 amide bonds. The van der Waals surface area contributed by atoms with E-state index in [1.807, 2.05) is 17.9 Å². The molecule has 0 aliphatic carbocycles. The highest BCUT2D eigenvalue weighted by atomic mass is 79.9. The lowest BCUT2D eigenvalue weighted by atomic mass is 9.97. The molecular weight excluding hydrogens is 342 g/mol. The fourth-order valence-corrected chi connectivity index (χ4v) is 5.32. The molecule has 1 aromatic heterocycles. The van der Waals surface area contributed by atoms with Gasteiger partial charge < -0.3 is 5.32 Å². The van der Waals surface area contributed by atoms with Gasteiger partial charge in [-0.3, -0.25) is 4.68 Å². The van der Waals surface area contributed by atoms with Gasteiger partial charge in [-0.15, -0.1) is 0 Å². The lowest BCUT2D eigenvalue weighted by Gasteiger charge is -2.21. The second-order valence-electron chi connectivity index (χ2n) is 5.45. The second-order valence-corrected chi connectivity index (χ2v) is 8.53. The van der Waals surface area contributed by atoms with Crippen molar-refractivity contribution in [1.29, 1.82) is 0 Å². The molecule has 2 heterocycles. The summed E-state index contributed by atoms with van der Waals surface area (Å²) >= 11 is 3.56. The standard InChI is InChI=1S/C13H22BrN3O2S/c1-3-5-17-13(11(14)8-16-17)12(15-2)7-10-4-6-20(18,19)9-10/h8,10,12,15H,3-7,9H2,1-2H3. The predicted octanol–water partition coefficient (Wildman–Crippen LogP) is 2.14. The van der Waals surface area contributed by atoms with Crippen molar-refractivity contribution >= 4 is 25.8 Å². The Morgan fingerprint density at radius 3 is 2.90 bits per heavy atom. The predicted molar refractivity (Wildman–Crippen MR) is 83.4 cm³/mol. The molecular formula is C13H22BrN3O2S. The molecule has 114 valence electrons. The van der Waals surface area contributed by atoms with Crippen molar-refractivity contribution in [3.05, 3.63) is 16.4 Å². The zero-order chi connectivity index (χ0) is 14.8. The third-order valence-corrected chi connectivity index (χ3v) is 6.29. The molecule has 1 aromatic rings. The number of aryl methyl sites for hydroxylation is 1. The average molecular weight is 364 g/mol. The fraction of sp³-hybridized carbons (Fsp3) is 0.769. The van der Waals surface area contributed by atoms with Crippen molar-refractivity contribution in [1.82, 2.24) is 15.1 Å². The maximum absolute atomic E-state index is 11.6. The van der Waals surface area contributed by atoms with E-state index in [0.717, 1.165) is 36.0 Å². The highest BCUT2D eigenvalue weighted by Gasteiger charge is 2.31. The summed E-state index contributed by atoms with van der Waals surface area (Å²) in [5.74, 6) is 0.906. The van der Waals surface area contributed by atoms with Crippen LogP contribution in [0, 0.1) is 5.92 Å². The van der Waals surface area contributed by atoms with Gasteiger partial charge in [0.25, 0.3) is 0 Å². The van der Waals surface area contributed by atoms with Crippen LogP contribution in [0.4, 0.5) is 0 Å². The third kappa shape index (κ3) is 3.62. The largest absolute Gasteiger partial charge is 0.312 e. The van der Waals surface area contributed by atoms with Gasteiger partial charge >= 0.3 is 0 Å². The van der Waals surface area contributed by atoms with E-state index >= 15 is 0 Å². The van der Waals surface area contributed by atoms with Gasteiger partial charge in [-0.2, -0.15) is 5.10 Å². The van der Waals surface area contributed by atoms with Gasteiger partial charge in [0.1, 0.15) is 0 Å². The van der Waals surface area contributed by atoms with E-state index in [0.29, 0.717) is 11.5 Å². The first kappa shape index (κ1) is 16.0. The van der Waals surface area contributed by atoms with E-state index < -0.39 is 9.84 Å². The van der Waals surface area contributed by atoms with Gasteiger partial charge in [-0.25, -0.2) is 8.42 Å². The zero-order valence-electron chi connectivity index (χ0n) is 12.0. The smallest absolute Gasteiger partial charge is 0.150 e. The number of nitrogens with one attached hydrogen (secondary N) is 1. The van der Waals surface area contributed by atoms with E-state index in [1.54, 1.807) is 0 Å². The molecule has 2 unspecified atom stereocenters. The third-order valence-electron chi connectivity index (χ3n) is 3.84. The molecule has 1 saturated heterocycles. The lowest BCUT2D eigenvalue weighted by molar-refractivity contribution is 0.407. The molecule has 0 bridgehead atoms. The summed E-state index contributed by atoms with van der Waals surface area (Å²) in [5.41, 5.74) is 1.12. The molecule has 0 spiro atoms. The molecule has 0 saturated carbocycles. The van der Waals surface area contributed by atoms with Gasteiger partial charge in [-0.1, -0.05) is 6.92 Å². The van der Waals surface area contributed by atoms with Crippen LogP contribution in [0.1, 0.15) is 37.9 Å². The highest BCUT2D eigenvalue weighted by Crippen LogP contribution is 2.32. The lowest BCUT2D eigenvalue weighted by Crippen LogP contribution is -2.24. The molecule has 0 radical (unpaired) electrons. The van der Waals surface area contributed by atoms with Crippen molar-refractivity contribution in [2.24, 2.45) is 5.92 Å². The summed E-state index contributed by atoms with van der Waals surface area (Å²) in [6, 6.07) is 0.136. The molecule has 1 N–H and O–H groups in total. The maximum atomic E-state index is 11.6. The van der Waals surface area contributed by atoms with Gasteiger partial charge in [0.05, 0.1) is 33.9 Å². The summed E-state index contributed by atoms with van der Waals surface area (Å²) in [7, 11) is -0.890. The SMILES string of the molecule is CCCn1ncc(Br)c1C(CC1CCS(=O)(=O)C1)NC. The van der Waals surface area contributed by atoms with Gasteiger partial charge in [0.15, 0.2) is 9.84 Å². The van der Waals surface area contributed by atoms with E-state index in [-0.39, 0.29) is 12.0 Å². The summed E-state index contributed by atoms with van der Waals surface area (Å²) < 4.78 is 26.2. The van der Waals surface area contributed by atoms with Crippen LogP contribution in [0.25, 0.3) is 0 Å². The monoisotopic (exact) mass is 363 g/mol. The molecule has 20 heavy (non-hydrogen) atoms. The number of halogens is 1. The first-order chi connectivity index (χ1) is 9.46. The first-order valence-corrected chi connectivity index (χ1v) is 9.67. The first-order valence-electron chi connectivity index (χ1n) is 7.05. The molecule has 2 atom stereocenters. The van der Waals surface area contributed by atoms with Crippen LogP contribution < -0.4 is 5.32 Å². The Morgan fingerprint density at radius 1 is 1.60 bits per heavy atom. The van der Waals surface area contributed by atoms with E-state index in [1.165, 1.54) is 0 Å². The Hall–Kier alpha value is -0.400. The molecule has 0 aromatic carbocycles. The molecule has 1 aliphatic rings. The summed E-state index contributed by atoms with van der Waals surface area (Å²) in [6.07, 6.45) is 4.46. The van der Waals surface area contributed by atoms with Crippen molar-refractivity contribution in [3.8, 4) is 0 Å². The number of rotatable bonds is 6. The number of aromatic nitrogens is 2. The molecule has 7 heteroatoms. The van der Waals surface area contributed by atoms with Crippen LogP contribution in [0.3, 0.4) is 0 Å². The van der Waals surface area contributed by atoms with Crippen LogP contribution in [-0.4, -0.2) is 36.8 Å². The van der Waals surface area contributed by atoms with Crippen LogP contribution in [0.5, 0.6) is 0 Å². The van der Waals surface area contributed by atoms with E-state index in [2.05, 4.69) is 33.3 Å². The summed E-state index contributed by atoms with van der Waals surface area (Å²) in [5, 5.41) is 7.70. The number of hydrogen-bond donors (Lipinski definition) is 1. The van der Waals surface area contributed by atoms with E-state index in [9.17, 15) is 8.42 Å². The van der Waals surface area contributed by atoms with Crippen LogP contribution in [0.2, 0.25) is 0 Å². The van der Waals surface area contributed by atoms with Crippen LogP contribution in [0.15, 0.2) is 10.7 Å². The maximum Gasteiger partial charge on any atom is 0.150 e. The molecule has 2 rings (SSSR count). The van der Waals surface area contributed by atoms with Crippen molar-refractivity contribution in [2.45, 2.75) is 38.8 Å². The Balaban J connectivity index is 2.14. The molecule has 5 nitrogen and oxygen atoms in total. The minimum Gasteiger partial charge on any atom is -0.312 e. The van der Waals surface area contributed by atoms with Gasteiger partial charge in [-0.05, 0) is 48.2 Å². The highest BCUT2D eigenvalue weighted by molar-refractivity contribution is 9.10. The zero-order valence-corrected chi connectivity index (χ0v) is 14.4. The number of nitrogens with zero attached hydrogens (tertiary/aromatic N) is 2. The van der Waals surface area contributed by atoms with Crippen molar-refractivity contribution in [2.75, 3.05) is 18.6 Å². The Kier molecular flexibility index (Phi) is 5.25. The van der Waals surface area contributed by atoms with Crippen molar-refractivity contribution < 1.29 is 8.42 Å². The second kappa shape index (κ2) is 6.58. The Bertz CT molecular complexity index is 556. The van der Waals surface area contributed by atoms with Crippen LogP contribution in [-0.2, 0) is 16.4 Å². The minimum absolute atomic E-state index is 0.136.